The molecule has 1 aliphatic heterocycles. The molecular formula is C23H22N6O2. The summed E-state index contributed by atoms with van der Waals surface area (Å²) in [6.07, 6.45) is 4.24. The monoisotopic (exact) mass is 414 g/mol. The molecule has 31 heavy (non-hydrogen) atoms. The Kier molecular flexibility index (Phi) is 4.62. The van der Waals surface area contributed by atoms with Gasteiger partial charge in [-0.1, -0.05) is 0 Å². The van der Waals surface area contributed by atoms with Crippen LogP contribution in [0.5, 0.6) is 5.88 Å². The number of methoxy groups -OCH3 is 1. The Balaban J connectivity index is 1.51. The van der Waals surface area contributed by atoms with Crippen molar-refractivity contribution < 1.29 is 4.74 Å². The van der Waals surface area contributed by atoms with Gasteiger partial charge in [0.2, 0.25) is 5.88 Å². The number of aromatic nitrogens is 5. The molecule has 0 radical (unpaired) electrons. The Morgan fingerprint density at radius 2 is 1.97 bits per heavy atom. The summed E-state index contributed by atoms with van der Waals surface area (Å²) in [5.41, 5.74) is 6.55. The lowest BCUT2D eigenvalue weighted by molar-refractivity contribution is 0.397. The molecule has 4 aromatic heterocycles. The van der Waals surface area contributed by atoms with Crippen molar-refractivity contribution in [2.45, 2.75) is 26.8 Å². The first-order chi connectivity index (χ1) is 15.0. The third-order valence-corrected chi connectivity index (χ3v) is 5.66. The van der Waals surface area contributed by atoms with E-state index in [0.717, 1.165) is 52.4 Å². The Bertz CT molecular complexity index is 1360. The highest BCUT2D eigenvalue weighted by Crippen LogP contribution is 2.29. The summed E-state index contributed by atoms with van der Waals surface area (Å²) in [6.45, 7) is 5.43. The number of ether oxygens (including phenoxy) is 1. The van der Waals surface area contributed by atoms with E-state index in [1.54, 1.807) is 7.11 Å². The van der Waals surface area contributed by atoms with E-state index < -0.39 is 0 Å². The molecule has 5 rings (SSSR count). The van der Waals surface area contributed by atoms with Gasteiger partial charge in [0.15, 0.2) is 11.5 Å². The van der Waals surface area contributed by atoms with Gasteiger partial charge in [0.05, 0.1) is 7.11 Å². The quantitative estimate of drug-likeness (QED) is 0.509. The van der Waals surface area contributed by atoms with Gasteiger partial charge in [0, 0.05) is 66.6 Å². The van der Waals surface area contributed by atoms with E-state index in [1.807, 2.05) is 38.2 Å². The molecule has 0 fully saturated rings. The summed E-state index contributed by atoms with van der Waals surface area (Å²) in [6, 6.07) is 9.38. The topological polar surface area (TPSA) is 85.5 Å². The lowest BCUT2D eigenvalue weighted by Crippen LogP contribution is -2.33. The van der Waals surface area contributed by atoms with Crippen LogP contribution in [0, 0.1) is 13.8 Å². The lowest BCUT2D eigenvalue weighted by atomic mass is 9.99. The smallest absolute Gasteiger partial charge is 0.274 e. The van der Waals surface area contributed by atoms with Gasteiger partial charge < -0.3 is 9.64 Å². The standard InChI is InChI=1S/C23H22N6O2/c1-14-10-20-24-8-6-22(30)29(20)27-23(14)28-9-7-19-17(13-28)11-16(12-25-19)18-4-5-21(31-3)26-15(18)2/h4-6,8,10-12H,7,9,13H2,1-3H3. The molecule has 156 valence electrons. The van der Waals surface area contributed by atoms with Crippen LogP contribution in [0.1, 0.15) is 22.5 Å². The number of fused-ring (bicyclic) bond motifs is 2. The highest BCUT2D eigenvalue weighted by molar-refractivity contribution is 5.67. The lowest BCUT2D eigenvalue weighted by Gasteiger charge is -2.30. The normalized spacial score (nSPS) is 13.3. The molecule has 0 N–H and O–H groups in total. The molecule has 0 amide bonds. The summed E-state index contributed by atoms with van der Waals surface area (Å²) in [4.78, 5) is 27.9. The molecule has 1 aliphatic rings. The van der Waals surface area contributed by atoms with Crippen LogP contribution in [-0.4, -0.2) is 38.2 Å². The average molecular weight is 414 g/mol. The van der Waals surface area contributed by atoms with Gasteiger partial charge in [-0.3, -0.25) is 9.78 Å². The minimum atomic E-state index is -0.185. The van der Waals surface area contributed by atoms with E-state index in [1.165, 1.54) is 16.8 Å². The number of anilines is 1. The maximum atomic E-state index is 12.2. The number of aryl methyl sites for hydroxylation is 2. The summed E-state index contributed by atoms with van der Waals surface area (Å²) < 4.78 is 6.58. The molecule has 0 aliphatic carbocycles. The first-order valence-electron chi connectivity index (χ1n) is 10.1. The van der Waals surface area contributed by atoms with E-state index in [0.29, 0.717) is 18.1 Å². The summed E-state index contributed by atoms with van der Waals surface area (Å²) in [5, 5.41) is 4.61. The van der Waals surface area contributed by atoms with Crippen LogP contribution in [0.4, 0.5) is 5.82 Å². The van der Waals surface area contributed by atoms with Crippen LogP contribution >= 0.6 is 0 Å². The second-order valence-corrected chi connectivity index (χ2v) is 7.69. The van der Waals surface area contributed by atoms with Crippen molar-refractivity contribution in [3.05, 3.63) is 75.6 Å². The largest absolute Gasteiger partial charge is 0.481 e. The van der Waals surface area contributed by atoms with Gasteiger partial charge in [-0.2, -0.15) is 4.52 Å². The molecule has 8 heteroatoms. The third kappa shape index (κ3) is 3.39. The summed E-state index contributed by atoms with van der Waals surface area (Å²) >= 11 is 0. The molecule has 8 nitrogen and oxygen atoms in total. The Morgan fingerprint density at radius 1 is 1.10 bits per heavy atom. The fourth-order valence-electron chi connectivity index (χ4n) is 4.07. The zero-order valence-corrected chi connectivity index (χ0v) is 17.7. The molecule has 4 aromatic rings. The van der Waals surface area contributed by atoms with Gasteiger partial charge >= 0.3 is 0 Å². The number of pyridine rings is 2. The Hall–Kier alpha value is -3.81. The fourth-order valence-corrected chi connectivity index (χ4v) is 4.07. The maximum absolute atomic E-state index is 12.2. The Morgan fingerprint density at radius 3 is 2.77 bits per heavy atom. The second-order valence-electron chi connectivity index (χ2n) is 7.69. The van der Waals surface area contributed by atoms with E-state index >= 15 is 0 Å². The van der Waals surface area contributed by atoms with E-state index in [2.05, 4.69) is 26.0 Å². The molecular weight excluding hydrogens is 392 g/mol. The zero-order valence-electron chi connectivity index (χ0n) is 17.7. The van der Waals surface area contributed by atoms with Gasteiger partial charge in [-0.15, -0.1) is 5.10 Å². The van der Waals surface area contributed by atoms with Gasteiger partial charge in [0.1, 0.15) is 0 Å². The van der Waals surface area contributed by atoms with Crippen molar-refractivity contribution in [3.63, 3.8) is 0 Å². The van der Waals surface area contributed by atoms with Crippen molar-refractivity contribution in [2.24, 2.45) is 0 Å². The van der Waals surface area contributed by atoms with Crippen LogP contribution < -0.4 is 15.2 Å². The summed E-state index contributed by atoms with van der Waals surface area (Å²) in [5.74, 6) is 1.39. The average Bonchev–Trinajstić information content (AvgIpc) is 2.78. The highest BCUT2D eigenvalue weighted by Gasteiger charge is 2.22. The Labute approximate surface area is 179 Å². The predicted octanol–water partition coefficient (Wildman–Crippen LogP) is 2.73. The molecule has 5 heterocycles. The van der Waals surface area contributed by atoms with E-state index in [9.17, 15) is 4.79 Å². The minimum absolute atomic E-state index is 0.185. The maximum Gasteiger partial charge on any atom is 0.274 e. The number of hydrogen-bond acceptors (Lipinski definition) is 7. The number of hydrogen-bond donors (Lipinski definition) is 0. The first-order valence-corrected chi connectivity index (χ1v) is 10.1. The zero-order chi connectivity index (χ0) is 21.5. The van der Waals surface area contributed by atoms with Crippen LogP contribution in [0.15, 0.2) is 47.5 Å². The van der Waals surface area contributed by atoms with Crippen molar-refractivity contribution in [1.29, 1.82) is 0 Å². The van der Waals surface area contributed by atoms with Gasteiger partial charge in [-0.25, -0.2) is 9.97 Å². The van der Waals surface area contributed by atoms with Crippen molar-refractivity contribution >= 4 is 11.5 Å². The van der Waals surface area contributed by atoms with Crippen molar-refractivity contribution in [1.82, 2.24) is 24.6 Å². The van der Waals surface area contributed by atoms with Crippen molar-refractivity contribution in [3.8, 4) is 17.0 Å². The number of nitrogens with zero attached hydrogens (tertiary/aromatic N) is 6. The first kappa shape index (κ1) is 19.2. The number of rotatable bonds is 3. The van der Waals surface area contributed by atoms with E-state index in [-0.39, 0.29) is 5.56 Å². The molecule has 0 spiro atoms. The van der Waals surface area contributed by atoms with Crippen LogP contribution in [0.3, 0.4) is 0 Å². The van der Waals surface area contributed by atoms with Crippen LogP contribution in [0.25, 0.3) is 16.8 Å². The second kappa shape index (κ2) is 7.46. The molecule has 0 bridgehead atoms. The molecule has 0 unspecified atom stereocenters. The van der Waals surface area contributed by atoms with Gasteiger partial charge in [-0.05, 0) is 43.2 Å². The fraction of sp³-hybridized carbons (Fsp3) is 0.261. The van der Waals surface area contributed by atoms with Crippen LogP contribution in [0.2, 0.25) is 0 Å². The van der Waals surface area contributed by atoms with E-state index in [4.69, 9.17) is 9.72 Å². The molecule has 0 aromatic carbocycles. The van der Waals surface area contributed by atoms with Gasteiger partial charge in [0.25, 0.3) is 5.56 Å². The third-order valence-electron chi connectivity index (χ3n) is 5.66. The predicted molar refractivity (Wildman–Crippen MR) is 118 cm³/mol. The molecule has 0 saturated carbocycles. The molecule has 0 saturated heterocycles. The van der Waals surface area contributed by atoms with Crippen LogP contribution in [-0.2, 0) is 13.0 Å². The SMILES string of the molecule is COc1ccc(-c2cnc3c(c2)CN(c2nn4c(=O)ccnc4cc2C)CC3)c(C)n1. The minimum Gasteiger partial charge on any atom is -0.481 e. The summed E-state index contributed by atoms with van der Waals surface area (Å²) in [7, 11) is 1.61. The molecule has 0 atom stereocenters. The highest BCUT2D eigenvalue weighted by atomic mass is 16.5. The van der Waals surface area contributed by atoms with Crippen molar-refractivity contribution in [2.75, 3.05) is 18.6 Å².